The standard InChI is InChI=1S/C11H17FN2O3S/c1-8(2)17-5-6-18(15,16)14-9-3-4-11(13)10(12)7-9/h3-4,7-8,14H,5-6,13H2,1-2H3. The van der Waals surface area contributed by atoms with Crippen LogP contribution in [-0.4, -0.2) is 26.9 Å². The fourth-order valence-corrected chi connectivity index (χ4v) is 2.12. The minimum absolute atomic E-state index is 0.0268. The van der Waals surface area contributed by atoms with E-state index in [0.29, 0.717) is 0 Å². The van der Waals surface area contributed by atoms with Gasteiger partial charge in [-0.3, -0.25) is 4.72 Å². The molecule has 102 valence electrons. The Balaban J connectivity index is 2.62. The second-order valence-electron chi connectivity index (χ2n) is 4.08. The van der Waals surface area contributed by atoms with Crippen LogP contribution in [0.3, 0.4) is 0 Å². The Morgan fingerprint density at radius 2 is 2.11 bits per heavy atom. The Bertz CT molecular complexity index is 503. The summed E-state index contributed by atoms with van der Waals surface area (Å²) in [5.41, 5.74) is 5.41. The number of rotatable bonds is 6. The maximum absolute atomic E-state index is 13.1. The molecule has 0 atom stereocenters. The van der Waals surface area contributed by atoms with E-state index in [2.05, 4.69) is 4.72 Å². The van der Waals surface area contributed by atoms with E-state index in [1.54, 1.807) is 0 Å². The molecule has 0 radical (unpaired) electrons. The van der Waals surface area contributed by atoms with E-state index in [1.807, 2.05) is 13.8 Å². The molecule has 0 spiro atoms. The van der Waals surface area contributed by atoms with Gasteiger partial charge in [0.05, 0.1) is 29.8 Å². The molecule has 5 nitrogen and oxygen atoms in total. The summed E-state index contributed by atoms with van der Waals surface area (Å²) < 4.78 is 43.8. The number of ether oxygens (including phenoxy) is 1. The predicted octanol–water partition coefficient (Wildman–Crippen LogP) is 1.57. The summed E-state index contributed by atoms with van der Waals surface area (Å²) in [4.78, 5) is 0. The highest BCUT2D eigenvalue weighted by molar-refractivity contribution is 7.92. The fraction of sp³-hybridized carbons (Fsp3) is 0.455. The highest BCUT2D eigenvalue weighted by atomic mass is 32.2. The van der Waals surface area contributed by atoms with Crippen molar-refractivity contribution in [3.63, 3.8) is 0 Å². The number of hydrogen-bond acceptors (Lipinski definition) is 4. The van der Waals surface area contributed by atoms with E-state index in [9.17, 15) is 12.8 Å². The number of anilines is 2. The zero-order valence-corrected chi connectivity index (χ0v) is 11.1. The highest BCUT2D eigenvalue weighted by Gasteiger charge is 2.11. The van der Waals surface area contributed by atoms with Gasteiger partial charge in [0.25, 0.3) is 0 Å². The summed E-state index contributed by atoms with van der Waals surface area (Å²) in [5.74, 6) is -0.842. The van der Waals surface area contributed by atoms with Crippen LogP contribution >= 0.6 is 0 Å². The molecule has 0 fully saturated rings. The molecule has 0 amide bonds. The summed E-state index contributed by atoms with van der Waals surface area (Å²) in [6, 6.07) is 3.74. The van der Waals surface area contributed by atoms with Gasteiger partial charge in [-0.05, 0) is 26.0 Å². The average molecular weight is 276 g/mol. The van der Waals surface area contributed by atoms with Crippen LogP contribution in [0.2, 0.25) is 0 Å². The predicted molar refractivity (Wildman–Crippen MR) is 69.3 cm³/mol. The van der Waals surface area contributed by atoms with Crippen LogP contribution in [0.4, 0.5) is 15.8 Å². The van der Waals surface area contributed by atoms with Crippen LogP contribution in [-0.2, 0) is 14.8 Å². The quantitative estimate of drug-likeness (QED) is 0.773. The zero-order chi connectivity index (χ0) is 13.8. The van der Waals surface area contributed by atoms with Gasteiger partial charge >= 0.3 is 0 Å². The molecule has 0 saturated carbocycles. The van der Waals surface area contributed by atoms with Gasteiger partial charge in [0, 0.05) is 6.07 Å². The van der Waals surface area contributed by atoms with Crippen LogP contribution in [0.1, 0.15) is 13.8 Å². The number of nitrogens with one attached hydrogen (secondary N) is 1. The first-order valence-corrected chi connectivity index (χ1v) is 7.12. The Hall–Kier alpha value is -1.34. The van der Waals surface area contributed by atoms with Crippen molar-refractivity contribution in [2.75, 3.05) is 22.8 Å². The maximum atomic E-state index is 13.1. The minimum Gasteiger partial charge on any atom is -0.396 e. The summed E-state index contributed by atoms with van der Waals surface area (Å²) in [6.07, 6.45) is -0.0332. The molecule has 0 aliphatic carbocycles. The Kier molecular flexibility index (Phi) is 4.92. The van der Waals surface area contributed by atoms with Crippen molar-refractivity contribution in [3.8, 4) is 0 Å². The van der Waals surface area contributed by atoms with Crippen molar-refractivity contribution in [1.29, 1.82) is 0 Å². The third-order valence-electron chi connectivity index (χ3n) is 2.08. The number of nitrogen functional groups attached to an aromatic ring is 1. The van der Waals surface area contributed by atoms with E-state index in [0.717, 1.165) is 6.07 Å². The summed E-state index contributed by atoms with van der Waals surface area (Å²) in [7, 11) is -3.54. The lowest BCUT2D eigenvalue weighted by Crippen LogP contribution is -2.21. The number of benzene rings is 1. The van der Waals surface area contributed by atoms with Gasteiger partial charge < -0.3 is 10.5 Å². The van der Waals surface area contributed by atoms with Crippen LogP contribution in [0.25, 0.3) is 0 Å². The lowest BCUT2D eigenvalue weighted by molar-refractivity contribution is 0.0913. The van der Waals surface area contributed by atoms with Gasteiger partial charge in [0.15, 0.2) is 0 Å². The topological polar surface area (TPSA) is 81.4 Å². The first kappa shape index (κ1) is 14.7. The summed E-state index contributed by atoms with van der Waals surface area (Å²) in [5, 5.41) is 0. The van der Waals surface area contributed by atoms with Crippen molar-refractivity contribution >= 4 is 21.4 Å². The van der Waals surface area contributed by atoms with Crippen molar-refractivity contribution in [2.24, 2.45) is 0 Å². The molecule has 3 N–H and O–H groups in total. The van der Waals surface area contributed by atoms with Gasteiger partial charge in [0.1, 0.15) is 5.82 Å². The summed E-state index contributed by atoms with van der Waals surface area (Å²) in [6.45, 7) is 3.72. The first-order valence-electron chi connectivity index (χ1n) is 5.47. The SMILES string of the molecule is CC(C)OCCS(=O)(=O)Nc1ccc(N)c(F)c1. The summed E-state index contributed by atoms with van der Waals surface area (Å²) >= 11 is 0. The maximum Gasteiger partial charge on any atom is 0.235 e. The van der Waals surface area contributed by atoms with Gasteiger partial charge in [0.2, 0.25) is 10.0 Å². The monoisotopic (exact) mass is 276 g/mol. The molecule has 0 aliphatic heterocycles. The average Bonchev–Trinajstić information content (AvgIpc) is 2.22. The van der Waals surface area contributed by atoms with Crippen LogP contribution in [0.15, 0.2) is 18.2 Å². The molecule has 0 saturated heterocycles. The molecule has 0 aliphatic rings. The normalized spacial score (nSPS) is 11.8. The molecule has 18 heavy (non-hydrogen) atoms. The molecule has 1 aromatic rings. The zero-order valence-electron chi connectivity index (χ0n) is 10.3. The Morgan fingerprint density at radius 3 is 2.67 bits per heavy atom. The highest BCUT2D eigenvalue weighted by Crippen LogP contribution is 2.17. The first-order chi connectivity index (χ1) is 8.30. The molecule has 1 rings (SSSR count). The third kappa shape index (κ3) is 4.89. The molecule has 0 bridgehead atoms. The second kappa shape index (κ2) is 6.01. The van der Waals surface area contributed by atoms with Crippen molar-refractivity contribution in [2.45, 2.75) is 20.0 Å². The van der Waals surface area contributed by atoms with Gasteiger partial charge in [-0.2, -0.15) is 0 Å². The largest absolute Gasteiger partial charge is 0.396 e. The molecule has 0 aromatic heterocycles. The molecular formula is C11H17FN2O3S. The molecule has 0 heterocycles. The lowest BCUT2D eigenvalue weighted by atomic mass is 10.3. The van der Waals surface area contributed by atoms with Gasteiger partial charge in [-0.25, -0.2) is 12.8 Å². The smallest absolute Gasteiger partial charge is 0.235 e. The number of nitrogens with two attached hydrogens (primary N) is 1. The molecule has 1 aromatic carbocycles. The second-order valence-corrected chi connectivity index (χ2v) is 5.92. The van der Waals surface area contributed by atoms with E-state index in [4.69, 9.17) is 10.5 Å². The minimum atomic E-state index is -3.54. The fourth-order valence-electron chi connectivity index (χ4n) is 1.21. The van der Waals surface area contributed by atoms with E-state index in [1.165, 1.54) is 12.1 Å². The third-order valence-corrected chi connectivity index (χ3v) is 3.33. The number of halogens is 1. The van der Waals surface area contributed by atoms with E-state index in [-0.39, 0.29) is 29.8 Å². The molecule has 7 heteroatoms. The molecule has 0 unspecified atom stereocenters. The van der Waals surface area contributed by atoms with Crippen molar-refractivity contribution < 1.29 is 17.5 Å². The van der Waals surface area contributed by atoms with Crippen LogP contribution in [0.5, 0.6) is 0 Å². The Labute approximate surface area is 106 Å². The van der Waals surface area contributed by atoms with E-state index < -0.39 is 15.8 Å². The number of hydrogen-bond donors (Lipinski definition) is 2. The van der Waals surface area contributed by atoms with E-state index >= 15 is 0 Å². The van der Waals surface area contributed by atoms with Crippen LogP contribution < -0.4 is 10.5 Å². The van der Waals surface area contributed by atoms with Gasteiger partial charge in [-0.1, -0.05) is 0 Å². The Morgan fingerprint density at radius 1 is 1.44 bits per heavy atom. The van der Waals surface area contributed by atoms with Crippen molar-refractivity contribution in [1.82, 2.24) is 0 Å². The van der Waals surface area contributed by atoms with Crippen LogP contribution in [0, 0.1) is 5.82 Å². The number of sulfonamides is 1. The van der Waals surface area contributed by atoms with Gasteiger partial charge in [-0.15, -0.1) is 0 Å². The van der Waals surface area contributed by atoms with Crippen molar-refractivity contribution in [3.05, 3.63) is 24.0 Å². The lowest BCUT2D eigenvalue weighted by Gasteiger charge is -2.10. The molecular weight excluding hydrogens is 259 g/mol.